The van der Waals surface area contributed by atoms with E-state index >= 15 is 0 Å². The fourth-order valence-electron chi connectivity index (χ4n) is 2.82. The number of hydrogen-bond acceptors (Lipinski definition) is 7. The average Bonchev–Trinajstić information content (AvgIpc) is 2.75. The van der Waals surface area contributed by atoms with Crippen LogP contribution >= 0.6 is 0 Å². The number of ether oxygens (including phenoxy) is 3. The van der Waals surface area contributed by atoms with E-state index in [0.29, 0.717) is 30.3 Å². The molecule has 1 aliphatic heterocycles. The molecule has 1 atom stereocenters. The molecule has 9 heteroatoms. The molecule has 2 aromatic carbocycles. The third-order valence-corrected chi connectivity index (χ3v) is 5.91. The summed E-state index contributed by atoms with van der Waals surface area (Å²) >= 11 is 0. The van der Waals surface area contributed by atoms with Gasteiger partial charge in [0.05, 0.1) is 4.90 Å². The summed E-state index contributed by atoms with van der Waals surface area (Å²) in [5.74, 6) is -0.825. The number of nitrogens with one attached hydrogen (secondary N) is 1. The van der Waals surface area contributed by atoms with Gasteiger partial charge in [-0.2, -0.15) is 4.72 Å². The molecule has 0 fully saturated rings. The summed E-state index contributed by atoms with van der Waals surface area (Å²) in [5.41, 5.74) is 0.406. The summed E-state index contributed by atoms with van der Waals surface area (Å²) in [6.45, 7) is 3.59. The van der Waals surface area contributed by atoms with Gasteiger partial charge in [-0.25, -0.2) is 8.42 Å². The van der Waals surface area contributed by atoms with Gasteiger partial charge in [0, 0.05) is 11.6 Å². The Bertz CT molecular complexity index is 1020. The minimum Gasteiger partial charge on any atom is -0.486 e. The molecule has 30 heavy (non-hydrogen) atoms. The summed E-state index contributed by atoms with van der Waals surface area (Å²) in [6.07, 6.45) is 0. The van der Waals surface area contributed by atoms with Crippen LogP contribution in [0.15, 0.2) is 53.4 Å². The Hall–Kier alpha value is -2.91. The van der Waals surface area contributed by atoms with Crippen molar-refractivity contribution in [2.24, 2.45) is 5.92 Å². The molecule has 1 heterocycles. The number of carbonyl (C=O) groups excluding carboxylic acids is 2. The van der Waals surface area contributed by atoms with Gasteiger partial charge in [0.2, 0.25) is 10.0 Å². The lowest BCUT2D eigenvalue weighted by atomic mass is 10.1. The van der Waals surface area contributed by atoms with Crippen molar-refractivity contribution in [3.63, 3.8) is 0 Å². The Morgan fingerprint density at radius 1 is 1.03 bits per heavy atom. The molecular formula is C21H23NO7S. The van der Waals surface area contributed by atoms with Gasteiger partial charge in [-0.05, 0) is 18.1 Å². The first-order valence-electron chi connectivity index (χ1n) is 9.45. The molecule has 0 amide bonds. The van der Waals surface area contributed by atoms with Gasteiger partial charge < -0.3 is 14.2 Å². The number of sulfonamides is 1. The zero-order valence-corrected chi connectivity index (χ0v) is 17.5. The maximum Gasteiger partial charge on any atom is 0.324 e. The standard InChI is InChI=1S/C21H23NO7S/c1-14(2)20(21(24)29-13-17(23)15-6-4-3-5-7-15)22-30(25,26)16-8-9-18-19(12-16)28-11-10-27-18/h3-9,12,14,20,22H,10-11,13H2,1-2H3/t20-/m1/s1. The van der Waals surface area contributed by atoms with Crippen LogP contribution in [0.1, 0.15) is 24.2 Å². The second kappa shape index (κ2) is 9.27. The highest BCUT2D eigenvalue weighted by Crippen LogP contribution is 2.32. The Morgan fingerprint density at radius 2 is 1.70 bits per heavy atom. The van der Waals surface area contributed by atoms with E-state index in [-0.39, 0.29) is 10.7 Å². The minimum atomic E-state index is -4.05. The third-order valence-electron chi connectivity index (χ3n) is 4.47. The topological polar surface area (TPSA) is 108 Å². The Morgan fingerprint density at radius 3 is 2.37 bits per heavy atom. The predicted octanol–water partition coefficient (Wildman–Crippen LogP) is 2.19. The van der Waals surface area contributed by atoms with E-state index < -0.39 is 34.6 Å². The highest BCUT2D eigenvalue weighted by molar-refractivity contribution is 7.89. The number of benzene rings is 2. The molecule has 8 nitrogen and oxygen atoms in total. The quantitative estimate of drug-likeness (QED) is 0.502. The van der Waals surface area contributed by atoms with E-state index in [4.69, 9.17) is 14.2 Å². The monoisotopic (exact) mass is 433 g/mol. The molecule has 160 valence electrons. The van der Waals surface area contributed by atoms with Gasteiger partial charge in [-0.3, -0.25) is 9.59 Å². The highest BCUT2D eigenvalue weighted by atomic mass is 32.2. The minimum absolute atomic E-state index is 0.0643. The average molecular weight is 433 g/mol. The summed E-state index contributed by atoms with van der Waals surface area (Å²) < 4.78 is 43.9. The number of fused-ring (bicyclic) bond motifs is 1. The molecule has 0 aliphatic carbocycles. The molecule has 1 aliphatic rings. The summed E-state index contributed by atoms with van der Waals surface area (Å²) in [5, 5.41) is 0. The number of ketones is 1. The van der Waals surface area contributed by atoms with Gasteiger partial charge in [-0.1, -0.05) is 44.2 Å². The maximum absolute atomic E-state index is 12.8. The molecule has 0 aromatic heterocycles. The van der Waals surface area contributed by atoms with Crippen molar-refractivity contribution < 1.29 is 32.2 Å². The van der Waals surface area contributed by atoms with Gasteiger partial charge in [0.15, 0.2) is 23.9 Å². The smallest absolute Gasteiger partial charge is 0.324 e. The summed E-state index contributed by atoms with van der Waals surface area (Å²) in [6, 6.07) is 11.5. The predicted molar refractivity (Wildman–Crippen MR) is 108 cm³/mol. The van der Waals surface area contributed by atoms with E-state index in [9.17, 15) is 18.0 Å². The van der Waals surface area contributed by atoms with Crippen LogP contribution in [0.3, 0.4) is 0 Å². The lowest BCUT2D eigenvalue weighted by molar-refractivity contribution is -0.145. The van der Waals surface area contributed by atoms with E-state index in [2.05, 4.69) is 4.72 Å². The van der Waals surface area contributed by atoms with Crippen LogP contribution in [0, 0.1) is 5.92 Å². The first-order valence-corrected chi connectivity index (χ1v) is 10.9. The van der Waals surface area contributed by atoms with Crippen molar-refractivity contribution in [2.75, 3.05) is 19.8 Å². The van der Waals surface area contributed by atoms with Crippen LogP contribution in [0.5, 0.6) is 11.5 Å². The first-order chi connectivity index (χ1) is 14.3. The van der Waals surface area contributed by atoms with Crippen LogP contribution in [0.2, 0.25) is 0 Å². The Labute approximate surface area is 175 Å². The summed E-state index contributed by atoms with van der Waals surface area (Å²) in [4.78, 5) is 24.6. The van der Waals surface area contributed by atoms with Crippen LogP contribution < -0.4 is 14.2 Å². The lowest BCUT2D eigenvalue weighted by Gasteiger charge is -2.22. The van der Waals surface area contributed by atoms with Crippen molar-refractivity contribution in [2.45, 2.75) is 24.8 Å². The lowest BCUT2D eigenvalue weighted by Crippen LogP contribution is -2.45. The van der Waals surface area contributed by atoms with Crippen LogP contribution in [-0.4, -0.2) is 46.0 Å². The molecule has 3 rings (SSSR count). The molecule has 0 radical (unpaired) electrons. The number of esters is 1. The fourth-order valence-corrected chi connectivity index (χ4v) is 4.16. The van der Waals surface area contributed by atoms with Crippen LogP contribution in [0.4, 0.5) is 0 Å². The zero-order valence-electron chi connectivity index (χ0n) is 16.7. The normalized spacial score (nSPS) is 14.2. The molecular weight excluding hydrogens is 410 g/mol. The molecule has 0 saturated heterocycles. The van der Waals surface area contributed by atoms with Crippen molar-refractivity contribution >= 4 is 21.8 Å². The molecule has 0 spiro atoms. The van der Waals surface area contributed by atoms with E-state index in [1.54, 1.807) is 44.2 Å². The molecule has 0 unspecified atom stereocenters. The zero-order chi connectivity index (χ0) is 21.7. The SMILES string of the molecule is CC(C)[C@@H](NS(=O)(=O)c1ccc2c(c1)OCCO2)C(=O)OCC(=O)c1ccccc1. The fraction of sp³-hybridized carbons (Fsp3) is 0.333. The Balaban J connectivity index is 1.69. The van der Waals surface area contributed by atoms with Crippen molar-refractivity contribution in [3.05, 3.63) is 54.1 Å². The van der Waals surface area contributed by atoms with Crippen LogP contribution in [-0.2, 0) is 19.6 Å². The van der Waals surface area contributed by atoms with Gasteiger partial charge in [0.1, 0.15) is 19.3 Å². The van der Waals surface area contributed by atoms with E-state index in [1.165, 1.54) is 18.2 Å². The van der Waals surface area contributed by atoms with Crippen molar-refractivity contribution in [3.8, 4) is 11.5 Å². The largest absolute Gasteiger partial charge is 0.486 e. The maximum atomic E-state index is 12.8. The van der Waals surface area contributed by atoms with E-state index in [1.807, 2.05) is 0 Å². The summed E-state index contributed by atoms with van der Waals surface area (Å²) in [7, 11) is -4.05. The Kier molecular flexibility index (Phi) is 6.73. The second-order valence-electron chi connectivity index (χ2n) is 7.05. The van der Waals surface area contributed by atoms with Crippen molar-refractivity contribution in [1.29, 1.82) is 0 Å². The van der Waals surface area contributed by atoms with E-state index in [0.717, 1.165) is 0 Å². The van der Waals surface area contributed by atoms with Gasteiger partial charge in [-0.15, -0.1) is 0 Å². The number of Topliss-reactive ketones (excluding diaryl/α,β-unsaturated/α-hetero) is 1. The number of carbonyl (C=O) groups is 2. The third kappa shape index (κ3) is 5.17. The van der Waals surface area contributed by atoms with Gasteiger partial charge >= 0.3 is 5.97 Å². The number of hydrogen-bond donors (Lipinski definition) is 1. The molecule has 2 aromatic rings. The van der Waals surface area contributed by atoms with Gasteiger partial charge in [0.25, 0.3) is 0 Å². The molecule has 0 bridgehead atoms. The highest BCUT2D eigenvalue weighted by Gasteiger charge is 2.31. The first kappa shape index (κ1) is 21.8. The van der Waals surface area contributed by atoms with Crippen LogP contribution in [0.25, 0.3) is 0 Å². The molecule has 0 saturated carbocycles. The number of rotatable bonds is 8. The molecule has 1 N–H and O–H groups in total. The second-order valence-corrected chi connectivity index (χ2v) is 8.76. The van der Waals surface area contributed by atoms with Crippen molar-refractivity contribution in [1.82, 2.24) is 4.72 Å².